The van der Waals surface area contributed by atoms with Gasteiger partial charge in [-0.1, -0.05) is 12.1 Å². The van der Waals surface area contributed by atoms with E-state index in [-0.39, 0.29) is 4.90 Å². The fraction of sp³-hybridized carbons (Fsp3) is 0.0435. The van der Waals surface area contributed by atoms with E-state index in [1.807, 2.05) is 31.6 Å². The third-order valence-electron chi connectivity index (χ3n) is 5.15. The molecule has 5 rings (SSSR count). The van der Waals surface area contributed by atoms with Crippen LogP contribution in [0.15, 0.2) is 84.4 Å². The molecule has 33 heavy (non-hydrogen) atoms. The van der Waals surface area contributed by atoms with Gasteiger partial charge in [0.25, 0.3) is 10.0 Å². The number of hydrogen-bond acceptors (Lipinski definition) is 6. The molecule has 0 bridgehead atoms. The summed E-state index contributed by atoms with van der Waals surface area (Å²) in [6.07, 6.45) is 7.11. The lowest BCUT2D eigenvalue weighted by molar-refractivity contribution is 0.601. The summed E-state index contributed by atoms with van der Waals surface area (Å²) in [5.74, 6) is 0. The van der Waals surface area contributed by atoms with Crippen molar-refractivity contribution in [1.29, 1.82) is 5.26 Å². The minimum atomic E-state index is -3.77. The van der Waals surface area contributed by atoms with Gasteiger partial charge in [-0.2, -0.15) is 15.5 Å². The number of anilines is 1. The van der Waals surface area contributed by atoms with E-state index < -0.39 is 10.0 Å². The van der Waals surface area contributed by atoms with Crippen molar-refractivity contribution >= 4 is 21.2 Å². The summed E-state index contributed by atoms with van der Waals surface area (Å²) in [4.78, 5) is 4.52. The quantitative estimate of drug-likeness (QED) is 0.434. The van der Waals surface area contributed by atoms with Crippen LogP contribution in [0.4, 0.5) is 5.69 Å². The number of aryl methyl sites for hydroxylation is 1. The van der Waals surface area contributed by atoms with Crippen molar-refractivity contribution in [3.05, 3.63) is 85.1 Å². The van der Waals surface area contributed by atoms with Crippen LogP contribution < -0.4 is 4.72 Å². The second kappa shape index (κ2) is 7.89. The summed E-state index contributed by atoms with van der Waals surface area (Å²) in [6.45, 7) is 0. The van der Waals surface area contributed by atoms with Crippen molar-refractivity contribution in [3.8, 4) is 28.5 Å². The van der Waals surface area contributed by atoms with E-state index in [9.17, 15) is 8.42 Å². The van der Waals surface area contributed by atoms with Crippen LogP contribution in [0.3, 0.4) is 0 Å². The topological polar surface area (TPSA) is 118 Å². The number of benzene rings is 2. The van der Waals surface area contributed by atoms with E-state index >= 15 is 0 Å². The molecule has 0 aliphatic rings. The fourth-order valence-electron chi connectivity index (χ4n) is 3.50. The van der Waals surface area contributed by atoms with Gasteiger partial charge in [0.15, 0.2) is 0 Å². The second-order valence-corrected chi connectivity index (χ2v) is 9.07. The summed E-state index contributed by atoms with van der Waals surface area (Å²) >= 11 is 0. The first kappa shape index (κ1) is 20.4. The van der Waals surface area contributed by atoms with Crippen molar-refractivity contribution in [3.63, 3.8) is 0 Å². The molecule has 0 radical (unpaired) electrons. The van der Waals surface area contributed by atoms with Crippen LogP contribution in [0.5, 0.6) is 0 Å². The van der Waals surface area contributed by atoms with E-state index in [1.165, 1.54) is 30.6 Å². The zero-order valence-electron chi connectivity index (χ0n) is 17.4. The van der Waals surface area contributed by atoms with Crippen LogP contribution in [-0.4, -0.2) is 32.8 Å². The number of hydrogen-bond donors (Lipinski definition) is 1. The standard InChI is InChI=1S/C23H17N7O2S/c1-29-13-19(12-26-29)18-10-22-23(25-15-27-30(22)14-18)17-4-6-20(7-5-17)28-33(31,32)21-8-2-16(11-24)3-9-21/h2-10,12-15,28H,1H3. The van der Waals surface area contributed by atoms with Crippen LogP contribution in [0.1, 0.15) is 5.56 Å². The molecule has 5 aromatic rings. The summed E-state index contributed by atoms with van der Waals surface area (Å²) in [7, 11) is -1.91. The van der Waals surface area contributed by atoms with E-state index in [0.717, 1.165) is 27.9 Å². The molecule has 3 heterocycles. The molecule has 1 N–H and O–H groups in total. The number of nitrogens with zero attached hydrogens (tertiary/aromatic N) is 6. The Morgan fingerprint density at radius 2 is 1.70 bits per heavy atom. The monoisotopic (exact) mass is 455 g/mol. The van der Waals surface area contributed by atoms with Gasteiger partial charge in [0.2, 0.25) is 0 Å². The van der Waals surface area contributed by atoms with Crippen molar-refractivity contribution in [1.82, 2.24) is 24.4 Å². The van der Waals surface area contributed by atoms with Gasteiger partial charge in [0.05, 0.1) is 33.9 Å². The zero-order chi connectivity index (χ0) is 23.0. The van der Waals surface area contributed by atoms with Crippen molar-refractivity contribution in [2.45, 2.75) is 4.90 Å². The molecule has 0 spiro atoms. The van der Waals surface area contributed by atoms with Gasteiger partial charge in [0, 0.05) is 41.8 Å². The second-order valence-electron chi connectivity index (χ2n) is 7.39. The summed E-state index contributed by atoms with van der Waals surface area (Å²) in [5.41, 5.74) is 5.12. The molecule has 0 saturated carbocycles. The highest BCUT2D eigenvalue weighted by molar-refractivity contribution is 7.92. The average Bonchev–Trinajstić information content (AvgIpc) is 3.45. The molecule has 162 valence electrons. The highest BCUT2D eigenvalue weighted by atomic mass is 32.2. The number of rotatable bonds is 5. The Labute approximate surface area is 189 Å². The van der Waals surface area contributed by atoms with E-state index in [1.54, 1.807) is 39.7 Å². The first-order valence-electron chi connectivity index (χ1n) is 9.89. The van der Waals surface area contributed by atoms with Crippen LogP contribution in [-0.2, 0) is 17.1 Å². The van der Waals surface area contributed by atoms with E-state index in [2.05, 4.69) is 19.9 Å². The van der Waals surface area contributed by atoms with Crippen LogP contribution in [0.2, 0.25) is 0 Å². The van der Waals surface area contributed by atoms with Gasteiger partial charge >= 0.3 is 0 Å². The smallest absolute Gasteiger partial charge is 0.261 e. The Morgan fingerprint density at radius 3 is 2.36 bits per heavy atom. The molecule has 9 nitrogen and oxygen atoms in total. The molecule has 0 unspecified atom stereocenters. The largest absolute Gasteiger partial charge is 0.280 e. The highest BCUT2D eigenvalue weighted by Crippen LogP contribution is 2.28. The van der Waals surface area contributed by atoms with Crippen LogP contribution >= 0.6 is 0 Å². The molecule has 2 aromatic carbocycles. The van der Waals surface area contributed by atoms with Crippen molar-refractivity contribution < 1.29 is 8.42 Å². The molecule has 0 aliphatic carbocycles. The van der Waals surface area contributed by atoms with E-state index in [4.69, 9.17) is 5.26 Å². The summed E-state index contributed by atoms with van der Waals surface area (Å²) in [6, 6.07) is 16.7. The molecule has 3 aromatic heterocycles. The minimum Gasteiger partial charge on any atom is -0.280 e. The molecular weight excluding hydrogens is 438 g/mol. The maximum Gasteiger partial charge on any atom is 0.261 e. The van der Waals surface area contributed by atoms with Crippen molar-refractivity contribution in [2.24, 2.45) is 7.05 Å². The molecule has 10 heteroatoms. The minimum absolute atomic E-state index is 0.0826. The first-order valence-corrected chi connectivity index (χ1v) is 11.4. The summed E-state index contributed by atoms with van der Waals surface area (Å²) < 4.78 is 31.3. The number of fused-ring (bicyclic) bond motifs is 1. The third-order valence-corrected chi connectivity index (χ3v) is 6.55. The van der Waals surface area contributed by atoms with Gasteiger partial charge in [0.1, 0.15) is 6.33 Å². The van der Waals surface area contributed by atoms with Gasteiger partial charge in [-0.05, 0) is 42.5 Å². The fourth-order valence-corrected chi connectivity index (χ4v) is 4.56. The van der Waals surface area contributed by atoms with E-state index in [0.29, 0.717) is 11.3 Å². The lowest BCUT2D eigenvalue weighted by atomic mass is 10.1. The summed E-state index contributed by atoms with van der Waals surface area (Å²) in [5, 5.41) is 17.4. The van der Waals surface area contributed by atoms with Crippen molar-refractivity contribution in [2.75, 3.05) is 4.72 Å². The Hall–Kier alpha value is -4.49. The lowest BCUT2D eigenvalue weighted by Gasteiger charge is -2.09. The predicted molar refractivity (Wildman–Crippen MR) is 123 cm³/mol. The third kappa shape index (κ3) is 3.93. The maximum atomic E-state index is 12.6. The Morgan fingerprint density at radius 1 is 0.939 bits per heavy atom. The lowest BCUT2D eigenvalue weighted by Crippen LogP contribution is -2.12. The highest BCUT2D eigenvalue weighted by Gasteiger charge is 2.15. The SMILES string of the molecule is Cn1cc(-c2cc3c(-c4ccc(NS(=O)(=O)c5ccc(C#N)cc5)cc4)ncnn3c2)cn1. The zero-order valence-corrected chi connectivity index (χ0v) is 18.2. The van der Waals surface area contributed by atoms with Gasteiger partial charge in [-0.15, -0.1) is 0 Å². The van der Waals surface area contributed by atoms with Gasteiger partial charge in [-0.25, -0.2) is 17.9 Å². The average molecular weight is 456 g/mol. The number of aromatic nitrogens is 5. The molecular formula is C23H17N7O2S. The Bertz CT molecular complexity index is 1610. The van der Waals surface area contributed by atoms with Crippen LogP contribution in [0.25, 0.3) is 27.9 Å². The maximum absolute atomic E-state index is 12.6. The van der Waals surface area contributed by atoms with Crippen LogP contribution in [0, 0.1) is 11.3 Å². The van der Waals surface area contributed by atoms with Gasteiger partial charge in [-0.3, -0.25) is 9.40 Å². The number of nitrogens with one attached hydrogen (secondary N) is 1. The molecule has 0 amide bonds. The van der Waals surface area contributed by atoms with Gasteiger partial charge < -0.3 is 0 Å². The Kier molecular flexibility index (Phi) is 4.88. The molecule has 0 aliphatic heterocycles. The first-order chi connectivity index (χ1) is 15.9. The molecule has 0 saturated heterocycles. The normalized spacial score (nSPS) is 11.4. The molecule has 0 atom stereocenters. The molecule has 0 fully saturated rings. The number of sulfonamides is 1. The number of nitriles is 1. The Balaban J connectivity index is 1.43. The predicted octanol–water partition coefficient (Wildman–Crippen LogP) is 3.47.